The number of carbonyl (C=O) groups excluding carboxylic acids is 1. The van der Waals surface area contributed by atoms with E-state index in [0.29, 0.717) is 53.7 Å². The average molecular weight is 488 g/mol. The van der Waals surface area contributed by atoms with Crippen molar-refractivity contribution in [2.24, 2.45) is 5.92 Å². The second-order valence-corrected chi connectivity index (χ2v) is 9.33. The highest BCUT2D eigenvalue weighted by molar-refractivity contribution is 6.45. The van der Waals surface area contributed by atoms with Crippen LogP contribution in [0.25, 0.3) is 16.6 Å². The van der Waals surface area contributed by atoms with Gasteiger partial charge in [0.25, 0.3) is 0 Å². The number of rotatable bonds is 4. The van der Waals surface area contributed by atoms with Crippen molar-refractivity contribution in [2.45, 2.75) is 31.7 Å². The van der Waals surface area contributed by atoms with Crippen LogP contribution in [0.5, 0.6) is 0 Å². The van der Waals surface area contributed by atoms with Gasteiger partial charge in [0.15, 0.2) is 0 Å². The summed E-state index contributed by atoms with van der Waals surface area (Å²) >= 11 is 12.8. The smallest absolute Gasteiger partial charge is 0.308 e. The van der Waals surface area contributed by atoms with Gasteiger partial charge in [-0.25, -0.2) is 9.97 Å². The molecule has 172 valence electrons. The number of pyridine rings is 1. The number of aliphatic carboxylic acids is 1. The zero-order valence-corrected chi connectivity index (χ0v) is 19.3. The second kappa shape index (κ2) is 8.83. The van der Waals surface area contributed by atoms with Crippen molar-refractivity contribution in [2.75, 3.05) is 24.5 Å². The first-order valence-electron chi connectivity index (χ1n) is 11.0. The molecule has 2 aliphatic rings. The summed E-state index contributed by atoms with van der Waals surface area (Å²) in [5.74, 6) is -0.756. The predicted octanol–water partition coefficient (Wildman–Crippen LogP) is 4.02. The Kier molecular flexibility index (Phi) is 5.88. The number of piperidine rings is 1. The van der Waals surface area contributed by atoms with Gasteiger partial charge in [0, 0.05) is 43.5 Å². The molecule has 0 saturated carbocycles. The summed E-state index contributed by atoms with van der Waals surface area (Å²) in [6.45, 7) is 1.51. The van der Waals surface area contributed by atoms with Gasteiger partial charge in [-0.2, -0.15) is 0 Å². The van der Waals surface area contributed by atoms with Crippen LogP contribution >= 0.6 is 23.2 Å². The number of carboxylic acid groups (broad SMARTS) is 1. The topological polar surface area (TPSA) is 91.6 Å². The van der Waals surface area contributed by atoms with Gasteiger partial charge in [-0.3, -0.25) is 9.59 Å². The Bertz CT molecular complexity index is 1220. The first-order chi connectivity index (χ1) is 15.9. The number of halogens is 2. The highest BCUT2D eigenvalue weighted by Gasteiger charge is 2.37. The van der Waals surface area contributed by atoms with Crippen molar-refractivity contribution in [3.63, 3.8) is 0 Å². The molecule has 5 rings (SSSR count). The number of carboxylic acids is 1. The first-order valence-corrected chi connectivity index (χ1v) is 11.7. The molecule has 1 amide bonds. The SMILES string of the molecule is O=C(O)C1CCCN(C(=O)[C@@H]2CCCN2c2cc(-n3ccnc3)c3ccc(Cl)c(Cl)c3n2)C1. The molecule has 0 bridgehead atoms. The molecule has 2 aromatic heterocycles. The number of aromatic nitrogens is 3. The first kappa shape index (κ1) is 22.0. The maximum atomic E-state index is 13.5. The van der Waals surface area contributed by atoms with Crippen LogP contribution in [0.2, 0.25) is 10.0 Å². The van der Waals surface area contributed by atoms with E-state index in [1.807, 2.05) is 27.8 Å². The van der Waals surface area contributed by atoms with E-state index >= 15 is 0 Å². The van der Waals surface area contributed by atoms with E-state index in [9.17, 15) is 14.7 Å². The second-order valence-electron chi connectivity index (χ2n) is 8.54. The van der Waals surface area contributed by atoms with Crippen molar-refractivity contribution in [1.29, 1.82) is 0 Å². The zero-order chi connectivity index (χ0) is 23.1. The number of fused-ring (bicyclic) bond motifs is 1. The summed E-state index contributed by atoms with van der Waals surface area (Å²) < 4.78 is 1.88. The lowest BCUT2D eigenvalue weighted by molar-refractivity contribution is -0.146. The molecule has 33 heavy (non-hydrogen) atoms. The maximum absolute atomic E-state index is 13.5. The molecule has 1 N–H and O–H groups in total. The number of likely N-dealkylation sites (tertiary alicyclic amines) is 1. The zero-order valence-electron chi connectivity index (χ0n) is 17.8. The Morgan fingerprint density at radius 1 is 1.12 bits per heavy atom. The fourth-order valence-electron chi connectivity index (χ4n) is 4.85. The van der Waals surface area contributed by atoms with Gasteiger partial charge >= 0.3 is 5.97 Å². The standard InChI is InChI=1S/C23H23Cl2N5O3/c24-16-6-5-15-18(29-10-7-26-13-29)11-19(27-21(15)20(16)25)30-9-2-4-17(30)22(31)28-8-1-3-14(12-28)23(32)33/h5-7,10-11,13-14,17H,1-4,8-9,12H2,(H,32,33)/t14?,17-/m0/s1. The lowest BCUT2D eigenvalue weighted by Crippen LogP contribution is -2.50. The molecular formula is C23H23Cl2N5O3. The maximum Gasteiger partial charge on any atom is 0.308 e. The van der Waals surface area contributed by atoms with Crippen LogP contribution in [-0.2, 0) is 9.59 Å². The van der Waals surface area contributed by atoms with Crippen molar-refractivity contribution < 1.29 is 14.7 Å². The molecular weight excluding hydrogens is 465 g/mol. The summed E-state index contributed by atoms with van der Waals surface area (Å²) in [6.07, 6.45) is 8.07. The molecule has 0 spiro atoms. The molecule has 0 radical (unpaired) electrons. The van der Waals surface area contributed by atoms with Crippen molar-refractivity contribution in [3.05, 3.63) is 47.0 Å². The van der Waals surface area contributed by atoms with E-state index < -0.39 is 17.9 Å². The van der Waals surface area contributed by atoms with E-state index in [4.69, 9.17) is 28.2 Å². The van der Waals surface area contributed by atoms with Crippen LogP contribution in [0.3, 0.4) is 0 Å². The van der Waals surface area contributed by atoms with Crippen LogP contribution in [0.1, 0.15) is 25.7 Å². The lowest BCUT2D eigenvalue weighted by atomic mass is 9.97. The Hall–Kier alpha value is -2.84. The van der Waals surface area contributed by atoms with Crippen LogP contribution < -0.4 is 4.90 Å². The third kappa shape index (κ3) is 4.02. The number of hydrogen-bond acceptors (Lipinski definition) is 5. The van der Waals surface area contributed by atoms with E-state index in [-0.39, 0.29) is 12.5 Å². The number of imidazole rings is 1. The minimum absolute atomic E-state index is 0.0401. The summed E-state index contributed by atoms with van der Waals surface area (Å²) in [5, 5.41) is 11.0. The molecule has 1 aromatic carbocycles. The molecule has 10 heteroatoms. The number of hydrogen-bond donors (Lipinski definition) is 1. The Labute approximate surface area is 200 Å². The van der Waals surface area contributed by atoms with Crippen LogP contribution in [-0.4, -0.2) is 62.1 Å². The van der Waals surface area contributed by atoms with Crippen molar-refractivity contribution in [1.82, 2.24) is 19.4 Å². The average Bonchev–Trinajstić information content (AvgIpc) is 3.53. The van der Waals surface area contributed by atoms with Gasteiger partial charge in [0.2, 0.25) is 5.91 Å². The van der Waals surface area contributed by atoms with Gasteiger partial charge in [0.05, 0.1) is 33.5 Å². The van der Waals surface area contributed by atoms with Gasteiger partial charge in [-0.1, -0.05) is 23.2 Å². The Morgan fingerprint density at radius 2 is 1.94 bits per heavy atom. The molecule has 8 nitrogen and oxygen atoms in total. The fourth-order valence-corrected chi connectivity index (χ4v) is 5.21. The molecule has 2 aliphatic heterocycles. The Balaban J connectivity index is 1.53. The van der Waals surface area contributed by atoms with E-state index in [0.717, 1.165) is 17.5 Å². The number of anilines is 1. The van der Waals surface area contributed by atoms with E-state index in [1.165, 1.54) is 0 Å². The molecule has 2 atom stereocenters. The van der Waals surface area contributed by atoms with Crippen LogP contribution in [0, 0.1) is 5.92 Å². The summed E-state index contributed by atoms with van der Waals surface area (Å²) in [4.78, 5) is 37.6. The third-order valence-corrected chi connectivity index (χ3v) is 7.33. The van der Waals surface area contributed by atoms with E-state index in [2.05, 4.69) is 4.98 Å². The quantitative estimate of drug-likeness (QED) is 0.597. The Morgan fingerprint density at radius 3 is 2.70 bits per heavy atom. The van der Waals surface area contributed by atoms with Gasteiger partial charge < -0.3 is 19.5 Å². The minimum atomic E-state index is -0.844. The number of nitrogens with zero attached hydrogens (tertiary/aromatic N) is 5. The highest BCUT2D eigenvalue weighted by atomic mass is 35.5. The summed E-state index contributed by atoms with van der Waals surface area (Å²) in [5.41, 5.74) is 1.40. The monoisotopic (exact) mass is 487 g/mol. The predicted molar refractivity (Wildman–Crippen MR) is 126 cm³/mol. The number of carbonyl (C=O) groups is 2. The molecule has 3 aromatic rings. The number of amides is 1. The molecule has 2 fully saturated rings. The lowest BCUT2D eigenvalue weighted by Gasteiger charge is -2.35. The summed E-state index contributed by atoms with van der Waals surface area (Å²) in [6, 6.07) is 5.17. The largest absolute Gasteiger partial charge is 0.481 e. The van der Waals surface area contributed by atoms with Gasteiger partial charge in [-0.05, 0) is 37.8 Å². The number of benzene rings is 1. The van der Waals surface area contributed by atoms with Crippen LogP contribution in [0.4, 0.5) is 5.82 Å². The normalized spacial score (nSPS) is 21.0. The molecule has 2 saturated heterocycles. The molecule has 4 heterocycles. The molecule has 1 unspecified atom stereocenters. The third-order valence-electron chi connectivity index (χ3n) is 6.53. The highest BCUT2D eigenvalue weighted by Crippen LogP contribution is 2.36. The van der Waals surface area contributed by atoms with Crippen molar-refractivity contribution in [3.8, 4) is 5.69 Å². The van der Waals surface area contributed by atoms with Crippen molar-refractivity contribution >= 4 is 51.8 Å². The fraction of sp³-hybridized carbons (Fsp3) is 0.391. The summed E-state index contributed by atoms with van der Waals surface area (Å²) in [7, 11) is 0. The van der Waals surface area contributed by atoms with E-state index in [1.54, 1.807) is 23.5 Å². The van der Waals surface area contributed by atoms with Gasteiger partial charge in [-0.15, -0.1) is 0 Å². The molecule has 0 aliphatic carbocycles. The van der Waals surface area contributed by atoms with Gasteiger partial charge in [0.1, 0.15) is 11.9 Å². The van der Waals surface area contributed by atoms with Crippen LogP contribution in [0.15, 0.2) is 36.9 Å². The minimum Gasteiger partial charge on any atom is -0.481 e.